The van der Waals surface area contributed by atoms with Crippen LogP contribution in [0.3, 0.4) is 0 Å². The van der Waals surface area contributed by atoms with Crippen LogP contribution in [0.2, 0.25) is 0 Å². The third kappa shape index (κ3) is 6.15. The van der Waals surface area contributed by atoms with E-state index in [1.165, 1.54) is 0 Å². The van der Waals surface area contributed by atoms with Crippen LogP contribution in [-0.2, 0) is 11.8 Å². The molecule has 3 aliphatic rings. The third-order valence-electron chi connectivity index (χ3n) is 10.1. The van der Waals surface area contributed by atoms with Gasteiger partial charge in [-0.15, -0.1) is 11.3 Å². The molecule has 1 unspecified atom stereocenters. The first-order valence-electron chi connectivity index (χ1n) is 17.0. The van der Waals surface area contributed by atoms with Gasteiger partial charge in [-0.3, -0.25) is 19.5 Å². The van der Waals surface area contributed by atoms with Crippen molar-refractivity contribution in [3.63, 3.8) is 0 Å². The Labute approximate surface area is 288 Å². The summed E-state index contributed by atoms with van der Waals surface area (Å²) < 4.78 is 7.39. The lowest BCUT2D eigenvalue weighted by Gasteiger charge is -2.33. The number of aryl methyl sites for hydroxylation is 1. The number of hydrogen-bond donors (Lipinski definition) is 2. The van der Waals surface area contributed by atoms with Crippen LogP contribution in [0.25, 0.3) is 33.0 Å². The molecule has 14 nitrogen and oxygen atoms in total. The monoisotopic (exact) mass is 683 g/mol. The van der Waals surface area contributed by atoms with Gasteiger partial charge in [-0.1, -0.05) is 0 Å². The van der Waals surface area contributed by atoms with Crippen LogP contribution in [0.1, 0.15) is 50.5 Å². The molecule has 2 atom stereocenters. The predicted octanol–water partition coefficient (Wildman–Crippen LogP) is 3.69. The normalized spacial score (nSPS) is 21.9. The molecule has 0 bridgehead atoms. The molecule has 8 heterocycles. The van der Waals surface area contributed by atoms with E-state index < -0.39 is 6.23 Å². The summed E-state index contributed by atoms with van der Waals surface area (Å²) in [6, 6.07) is 7.67. The van der Waals surface area contributed by atoms with E-state index in [0.29, 0.717) is 48.8 Å². The number of piperidine rings is 1. The SMILES string of the molecule is CC(C)Oc1ccc(-c2n[nH]c3ccc(N4CC[C@]5(CCN(CC(=O)N6CCC(c7ncc(-c8ncn(C)n8)s7)CC6)C5)C4O)nc23)cn1. The number of aromatic nitrogens is 8. The van der Waals surface area contributed by atoms with Crippen molar-refractivity contribution in [3.05, 3.63) is 48.0 Å². The molecule has 2 N–H and O–H groups in total. The highest BCUT2D eigenvalue weighted by molar-refractivity contribution is 7.15. The number of aliphatic hydroxyl groups excluding tert-OH is 1. The summed E-state index contributed by atoms with van der Waals surface area (Å²) in [6.07, 6.45) is 8.13. The maximum atomic E-state index is 13.4. The molecule has 5 aromatic heterocycles. The van der Waals surface area contributed by atoms with Gasteiger partial charge in [-0.25, -0.2) is 19.9 Å². The number of amides is 1. The van der Waals surface area contributed by atoms with Gasteiger partial charge in [0.1, 0.15) is 29.6 Å². The molecule has 15 heteroatoms. The summed E-state index contributed by atoms with van der Waals surface area (Å²) in [5, 5.41) is 24.8. The first kappa shape index (κ1) is 31.8. The lowest BCUT2D eigenvalue weighted by molar-refractivity contribution is -0.133. The van der Waals surface area contributed by atoms with E-state index in [9.17, 15) is 9.90 Å². The average Bonchev–Trinajstić information content (AvgIpc) is 3.94. The number of aliphatic hydroxyl groups is 1. The zero-order chi connectivity index (χ0) is 33.7. The number of carbonyl (C=O) groups excluding carboxylic acids is 1. The second-order valence-corrected chi connectivity index (χ2v) is 14.9. The minimum atomic E-state index is -0.692. The molecule has 1 spiro atoms. The van der Waals surface area contributed by atoms with Crippen molar-refractivity contribution < 1.29 is 14.6 Å². The minimum Gasteiger partial charge on any atom is -0.475 e. The van der Waals surface area contributed by atoms with Gasteiger partial charge in [-0.05, 0) is 64.3 Å². The van der Waals surface area contributed by atoms with Gasteiger partial charge in [0, 0.05) is 68.6 Å². The Morgan fingerprint density at radius 3 is 2.67 bits per heavy atom. The molecule has 1 amide bonds. The number of likely N-dealkylation sites (tertiary alicyclic amines) is 2. The molecule has 8 rings (SSSR count). The molecule has 3 fully saturated rings. The van der Waals surface area contributed by atoms with Gasteiger partial charge in [0.15, 0.2) is 5.82 Å². The zero-order valence-corrected chi connectivity index (χ0v) is 28.8. The topological polar surface area (TPSA) is 154 Å². The third-order valence-corrected chi connectivity index (χ3v) is 11.3. The van der Waals surface area contributed by atoms with E-state index in [1.807, 2.05) is 61.2 Å². The fraction of sp³-hybridized carbons (Fsp3) is 0.500. The number of hydrogen-bond acceptors (Lipinski definition) is 12. The van der Waals surface area contributed by atoms with Crippen LogP contribution in [0, 0.1) is 5.41 Å². The van der Waals surface area contributed by atoms with Gasteiger partial charge in [0.25, 0.3) is 0 Å². The molecule has 256 valence electrons. The Hall–Kier alpha value is -4.47. The van der Waals surface area contributed by atoms with E-state index in [-0.39, 0.29) is 17.4 Å². The Bertz CT molecular complexity index is 1950. The van der Waals surface area contributed by atoms with Gasteiger partial charge in [0.05, 0.1) is 28.1 Å². The largest absolute Gasteiger partial charge is 0.475 e. The van der Waals surface area contributed by atoms with Crippen LogP contribution in [0.5, 0.6) is 5.88 Å². The molecule has 49 heavy (non-hydrogen) atoms. The van der Waals surface area contributed by atoms with Gasteiger partial charge in [-0.2, -0.15) is 10.2 Å². The van der Waals surface area contributed by atoms with Crippen molar-refractivity contribution in [1.29, 1.82) is 0 Å². The van der Waals surface area contributed by atoms with Crippen LogP contribution in [-0.4, -0.2) is 112 Å². The van der Waals surface area contributed by atoms with Crippen LogP contribution >= 0.6 is 11.3 Å². The molecule has 3 aliphatic heterocycles. The number of nitrogens with zero attached hydrogens (tertiary/aromatic N) is 10. The maximum absolute atomic E-state index is 13.4. The molecule has 0 saturated carbocycles. The van der Waals surface area contributed by atoms with E-state index in [1.54, 1.807) is 28.5 Å². The average molecular weight is 684 g/mol. The summed E-state index contributed by atoms with van der Waals surface area (Å²) >= 11 is 1.65. The summed E-state index contributed by atoms with van der Waals surface area (Å²) in [4.78, 5) is 39.0. The van der Waals surface area contributed by atoms with Crippen molar-refractivity contribution in [1.82, 2.24) is 49.7 Å². The lowest BCUT2D eigenvalue weighted by Crippen LogP contribution is -2.45. The zero-order valence-electron chi connectivity index (χ0n) is 28.0. The number of fused-ring (bicyclic) bond motifs is 1. The molecule has 0 aromatic carbocycles. The Balaban J connectivity index is 0.877. The highest BCUT2D eigenvalue weighted by Gasteiger charge is 2.51. The number of H-pyrrole nitrogens is 1. The highest BCUT2D eigenvalue weighted by atomic mass is 32.1. The standard InChI is InChI=1S/C34H41N11O3S/c1-21(2)48-27-7-4-23(16-35-27)29-30-24(39-40-29)5-6-26(38-30)45-15-11-34(33(45)47)10-14-43(19-34)18-28(46)44-12-8-22(9-13-44)32-36-17-25(49-32)31-37-20-42(3)41-31/h4-7,16-17,20-22,33,47H,8-15,18-19H2,1-3H3,(H,39,40)/t33?,34-/m0/s1. The summed E-state index contributed by atoms with van der Waals surface area (Å²) in [5.74, 6) is 2.49. The number of anilines is 1. The molecular formula is C34H41N11O3S. The smallest absolute Gasteiger partial charge is 0.236 e. The molecule has 0 radical (unpaired) electrons. The summed E-state index contributed by atoms with van der Waals surface area (Å²) in [7, 11) is 1.86. The number of carbonyl (C=O) groups is 1. The fourth-order valence-corrected chi connectivity index (χ4v) is 8.50. The Morgan fingerprint density at radius 2 is 1.92 bits per heavy atom. The van der Waals surface area contributed by atoms with Crippen molar-refractivity contribution in [2.45, 2.75) is 57.8 Å². The van der Waals surface area contributed by atoms with Crippen molar-refractivity contribution >= 4 is 34.1 Å². The first-order chi connectivity index (χ1) is 23.7. The van der Waals surface area contributed by atoms with E-state index in [0.717, 1.165) is 71.8 Å². The lowest BCUT2D eigenvalue weighted by atomic mass is 9.84. The number of thiazole rings is 1. The number of rotatable bonds is 8. The fourth-order valence-electron chi connectivity index (χ4n) is 7.48. The molecular weight excluding hydrogens is 643 g/mol. The summed E-state index contributed by atoms with van der Waals surface area (Å²) in [6.45, 7) is 7.94. The Kier molecular flexibility index (Phi) is 8.28. The quantitative estimate of drug-likeness (QED) is 0.246. The molecule has 3 saturated heterocycles. The van der Waals surface area contributed by atoms with Crippen LogP contribution in [0.15, 0.2) is 43.0 Å². The minimum absolute atomic E-state index is 0.0423. The predicted molar refractivity (Wildman–Crippen MR) is 185 cm³/mol. The number of pyridine rings is 2. The molecule has 5 aromatic rings. The van der Waals surface area contributed by atoms with Crippen LogP contribution in [0.4, 0.5) is 5.82 Å². The Morgan fingerprint density at radius 1 is 1.08 bits per heavy atom. The van der Waals surface area contributed by atoms with E-state index in [2.05, 4.69) is 35.1 Å². The van der Waals surface area contributed by atoms with E-state index >= 15 is 0 Å². The van der Waals surface area contributed by atoms with Crippen molar-refractivity contribution in [2.75, 3.05) is 44.2 Å². The van der Waals surface area contributed by atoms with Crippen LogP contribution < -0.4 is 9.64 Å². The number of ether oxygens (including phenoxy) is 1. The number of aromatic amines is 1. The number of nitrogens with one attached hydrogen (secondary N) is 1. The second-order valence-electron chi connectivity index (χ2n) is 13.8. The second kappa shape index (κ2) is 12.8. The van der Waals surface area contributed by atoms with Gasteiger partial charge < -0.3 is 19.6 Å². The maximum Gasteiger partial charge on any atom is 0.236 e. The summed E-state index contributed by atoms with van der Waals surface area (Å²) in [5.41, 5.74) is 2.79. The van der Waals surface area contributed by atoms with Crippen molar-refractivity contribution in [2.24, 2.45) is 12.5 Å². The van der Waals surface area contributed by atoms with E-state index in [4.69, 9.17) is 9.72 Å². The van der Waals surface area contributed by atoms with Crippen molar-refractivity contribution in [3.8, 4) is 27.8 Å². The van der Waals surface area contributed by atoms with Gasteiger partial charge in [0.2, 0.25) is 11.8 Å². The van der Waals surface area contributed by atoms with Gasteiger partial charge >= 0.3 is 0 Å². The molecule has 0 aliphatic carbocycles. The highest BCUT2D eigenvalue weighted by Crippen LogP contribution is 2.45. The first-order valence-corrected chi connectivity index (χ1v) is 17.8.